The molecule has 1 aromatic heterocycles. The molecule has 1 aliphatic rings. The Bertz CT molecular complexity index is 311. The van der Waals surface area contributed by atoms with Crippen LogP contribution in [0.4, 0.5) is 11.4 Å². The van der Waals surface area contributed by atoms with Gasteiger partial charge in [-0.25, -0.2) is 0 Å². The lowest BCUT2D eigenvalue weighted by Gasteiger charge is -2.19. The van der Waals surface area contributed by atoms with E-state index in [4.69, 9.17) is 5.73 Å². The predicted octanol–water partition coefficient (Wildman–Crippen LogP) is 1.90. The Labute approximate surface area is 84.9 Å². The van der Waals surface area contributed by atoms with Crippen molar-refractivity contribution in [1.29, 1.82) is 0 Å². The van der Waals surface area contributed by atoms with Crippen molar-refractivity contribution < 1.29 is 0 Å². The van der Waals surface area contributed by atoms with Crippen LogP contribution in [0.1, 0.15) is 19.8 Å². The van der Waals surface area contributed by atoms with Crippen LogP contribution in [-0.2, 0) is 0 Å². The van der Waals surface area contributed by atoms with E-state index >= 15 is 0 Å². The quantitative estimate of drug-likeness (QED) is 0.776. The van der Waals surface area contributed by atoms with Crippen molar-refractivity contribution in [1.82, 2.24) is 4.98 Å². The van der Waals surface area contributed by atoms with E-state index in [1.165, 1.54) is 12.8 Å². The largest absolute Gasteiger partial charge is 0.396 e. The molecule has 1 fully saturated rings. The fourth-order valence-electron chi connectivity index (χ4n) is 2.07. The first kappa shape index (κ1) is 9.31. The topological polar surface area (TPSA) is 42.2 Å². The summed E-state index contributed by atoms with van der Waals surface area (Å²) < 4.78 is 0. The molecule has 1 aromatic rings. The molecule has 0 aliphatic carbocycles. The number of nitrogen functional groups attached to an aromatic ring is 1. The molecule has 76 valence electrons. The lowest BCUT2D eigenvalue weighted by atomic mass is 10.1. The van der Waals surface area contributed by atoms with Crippen LogP contribution in [0.5, 0.6) is 0 Å². The third-order valence-corrected chi connectivity index (χ3v) is 3.03. The molecule has 1 aliphatic heterocycles. The Morgan fingerprint density at radius 1 is 1.64 bits per heavy atom. The molecule has 2 N–H and O–H groups in total. The Hall–Kier alpha value is -1.25. The van der Waals surface area contributed by atoms with Crippen molar-refractivity contribution in [2.24, 2.45) is 5.92 Å². The van der Waals surface area contributed by atoms with Gasteiger partial charge in [-0.05, 0) is 18.4 Å². The van der Waals surface area contributed by atoms with E-state index in [-0.39, 0.29) is 0 Å². The molecule has 3 nitrogen and oxygen atoms in total. The van der Waals surface area contributed by atoms with Crippen LogP contribution in [0.2, 0.25) is 0 Å². The van der Waals surface area contributed by atoms with Crippen LogP contribution in [0.3, 0.4) is 0 Å². The maximum absolute atomic E-state index is 5.88. The Morgan fingerprint density at radius 2 is 2.50 bits per heavy atom. The molecule has 1 saturated heterocycles. The van der Waals surface area contributed by atoms with E-state index in [2.05, 4.69) is 16.8 Å². The molecular formula is C11H17N3. The molecular weight excluding hydrogens is 174 g/mol. The molecule has 1 atom stereocenters. The van der Waals surface area contributed by atoms with Gasteiger partial charge in [-0.1, -0.05) is 13.3 Å². The molecule has 0 bridgehead atoms. The second-order valence-electron chi connectivity index (χ2n) is 3.94. The van der Waals surface area contributed by atoms with Gasteiger partial charge in [0.25, 0.3) is 0 Å². The first-order valence-electron chi connectivity index (χ1n) is 5.25. The molecule has 1 unspecified atom stereocenters. The van der Waals surface area contributed by atoms with E-state index < -0.39 is 0 Å². The summed E-state index contributed by atoms with van der Waals surface area (Å²) in [4.78, 5) is 6.37. The molecule has 0 radical (unpaired) electrons. The van der Waals surface area contributed by atoms with Crippen LogP contribution >= 0.6 is 0 Å². The number of pyridine rings is 1. The second-order valence-corrected chi connectivity index (χ2v) is 3.94. The molecule has 0 saturated carbocycles. The molecule has 2 rings (SSSR count). The summed E-state index contributed by atoms with van der Waals surface area (Å²) in [6.45, 7) is 4.53. The minimum absolute atomic E-state index is 0.796. The van der Waals surface area contributed by atoms with Gasteiger partial charge >= 0.3 is 0 Å². The van der Waals surface area contributed by atoms with Gasteiger partial charge in [0.15, 0.2) is 0 Å². The Morgan fingerprint density at radius 3 is 3.14 bits per heavy atom. The monoisotopic (exact) mass is 191 g/mol. The Kier molecular flexibility index (Phi) is 2.57. The van der Waals surface area contributed by atoms with Crippen molar-refractivity contribution in [3.05, 3.63) is 18.5 Å². The second kappa shape index (κ2) is 3.86. The van der Waals surface area contributed by atoms with Gasteiger partial charge < -0.3 is 10.6 Å². The number of hydrogen-bond acceptors (Lipinski definition) is 3. The maximum atomic E-state index is 5.88. The van der Waals surface area contributed by atoms with Gasteiger partial charge in [0.2, 0.25) is 0 Å². The zero-order valence-corrected chi connectivity index (χ0v) is 8.61. The van der Waals surface area contributed by atoms with Crippen LogP contribution in [0, 0.1) is 5.92 Å². The zero-order valence-electron chi connectivity index (χ0n) is 8.61. The van der Waals surface area contributed by atoms with Gasteiger partial charge in [-0.15, -0.1) is 0 Å². The fourth-order valence-corrected chi connectivity index (χ4v) is 2.07. The highest BCUT2D eigenvalue weighted by atomic mass is 15.2. The van der Waals surface area contributed by atoms with Gasteiger partial charge in [0.05, 0.1) is 17.6 Å². The standard InChI is InChI=1S/C11H17N3/c1-2-9-4-6-14(8-9)11-3-5-13-7-10(11)12/h3,5,7,9H,2,4,6,8,12H2,1H3. The fraction of sp³-hybridized carbons (Fsp3) is 0.545. The van der Waals surface area contributed by atoms with Gasteiger partial charge in [-0.3, -0.25) is 4.98 Å². The van der Waals surface area contributed by atoms with Crippen LogP contribution in [0.25, 0.3) is 0 Å². The summed E-state index contributed by atoms with van der Waals surface area (Å²) in [6.07, 6.45) is 6.10. The number of aromatic nitrogens is 1. The van der Waals surface area contributed by atoms with Gasteiger partial charge in [-0.2, -0.15) is 0 Å². The minimum atomic E-state index is 0.796. The third kappa shape index (κ3) is 1.67. The number of anilines is 2. The van der Waals surface area contributed by atoms with Gasteiger partial charge in [0, 0.05) is 19.3 Å². The average molecular weight is 191 g/mol. The third-order valence-electron chi connectivity index (χ3n) is 3.03. The summed E-state index contributed by atoms with van der Waals surface area (Å²) in [5.41, 5.74) is 7.83. The SMILES string of the molecule is CCC1CCN(c2ccncc2N)C1. The molecule has 3 heteroatoms. The number of hydrogen-bond donors (Lipinski definition) is 1. The lowest BCUT2D eigenvalue weighted by molar-refractivity contribution is 0.569. The predicted molar refractivity (Wildman–Crippen MR) is 59.3 cm³/mol. The van der Waals surface area contributed by atoms with Crippen LogP contribution in [-0.4, -0.2) is 18.1 Å². The highest BCUT2D eigenvalue weighted by Crippen LogP contribution is 2.28. The number of nitrogens with two attached hydrogens (primary N) is 1. The zero-order chi connectivity index (χ0) is 9.97. The number of rotatable bonds is 2. The molecule has 0 spiro atoms. The van der Waals surface area contributed by atoms with E-state index in [0.29, 0.717) is 0 Å². The number of nitrogens with zero attached hydrogens (tertiary/aromatic N) is 2. The van der Waals surface area contributed by atoms with Crippen molar-refractivity contribution in [3.8, 4) is 0 Å². The molecule has 14 heavy (non-hydrogen) atoms. The lowest BCUT2D eigenvalue weighted by Crippen LogP contribution is -2.20. The molecule has 0 aromatic carbocycles. The van der Waals surface area contributed by atoms with Crippen LogP contribution < -0.4 is 10.6 Å². The normalized spacial score (nSPS) is 21.5. The summed E-state index contributed by atoms with van der Waals surface area (Å²) >= 11 is 0. The maximum Gasteiger partial charge on any atom is 0.0738 e. The first-order valence-corrected chi connectivity index (χ1v) is 5.25. The highest BCUT2D eigenvalue weighted by molar-refractivity contribution is 5.66. The minimum Gasteiger partial charge on any atom is -0.396 e. The molecule has 0 amide bonds. The Balaban J connectivity index is 2.13. The summed E-state index contributed by atoms with van der Waals surface area (Å²) in [5, 5.41) is 0. The van der Waals surface area contributed by atoms with Crippen molar-refractivity contribution in [2.45, 2.75) is 19.8 Å². The average Bonchev–Trinajstić information content (AvgIpc) is 2.67. The summed E-state index contributed by atoms with van der Waals surface area (Å²) in [7, 11) is 0. The molecule has 2 heterocycles. The summed E-state index contributed by atoms with van der Waals surface area (Å²) in [6, 6.07) is 2.01. The van der Waals surface area contributed by atoms with Crippen molar-refractivity contribution in [3.63, 3.8) is 0 Å². The van der Waals surface area contributed by atoms with Gasteiger partial charge in [0.1, 0.15) is 0 Å². The van der Waals surface area contributed by atoms with E-state index in [1.807, 2.05) is 12.3 Å². The first-order chi connectivity index (χ1) is 6.81. The van der Waals surface area contributed by atoms with E-state index in [9.17, 15) is 0 Å². The summed E-state index contributed by atoms with van der Waals surface area (Å²) in [5.74, 6) is 0.836. The smallest absolute Gasteiger partial charge is 0.0738 e. The van der Waals surface area contributed by atoms with E-state index in [0.717, 1.165) is 30.4 Å². The van der Waals surface area contributed by atoms with Crippen molar-refractivity contribution in [2.75, 3.05) is 23.7 Å². The van der Waals surface area contributed by atoms with Crippen molar-refractivity contribution >= 4 is 11.4 Å². The van der Waals surface area contributed by atoms with Crippen LogP contribution in [0.15, 0.2) is 18.5 Å². The highest BCUT2D eigenvalue weighted by Gasteiger charge is 2.22. The van der Waals surface area contributed by atoms with E-state index in [1.54, 1.807) is 6.20 Å².